The van der Waals surface area contributed by atoms with Crippen molar-refractivity contribution in [1.82, 2.24) is 0 Å². The molecule has 0 rings (SSSR count). The summed E-state index contributed by atoms with van der Waals surface area (Å²) < 4.78 is 1.33. The van der Waals surface area contributed by atoms with E-state index in [1.165, 1.54) is 36.5 Å². The van der Waals surface area contributed by atoms with Crippen LogP contribution in [0.25, 0.3) is 0 Å². The highest BCUT2D eigenvalue weighted by molar-refractivity contribution is 14.1. The van der Waals surface area contributed by atoms with Crippen molar-refractivity contribution in [1.29, 1.82) is 0 Å². The number of alkyl halides is 1. The van der Waals surface area contributed by atoms with Crippen LogP contribution in [-0.4, -0.2) is 4.43 Å². The standard InChI is InChI=1S/C9H19I/c1-3-5-6-9(4-2)7-8-10/h9H,3-8H2,1-2H3. The van der Waals surface area contributed by atoms with Gasteiger partial charge in [0.2, 0.25) is 0 Å². The summed E-state index contributed by atoms with van der Waals surface area (Å²) >= 11 is 2.48. The molecule has 0 fully saturated rings. The maximum Gasteiger partial charge on any atom is -0.000209 e. The molecule has 0 spiro atoms. The lowest BCUT2D eigenvalue weighted by Crippen LogP contribution is -1.98. The van der Waals surface area contributed by atoms with E-state index in [-0.39, 0.29) is 0 Å². The highest BCUT2D eigenvalue weighted by atomic mass is 127. The first-order chi connectivity index (χ1) is 4.85. The fourth-order valence-electron chi connectivity index (χ4n) is 1.20. The van der Waals surface area contributed by atoms with Crippen LogP contribution in [0.15, 0.2) is 0 Å². The molecule has 0 bridgehead atoms. The second-order valence-corrected chi connectivity index (χ2v) is 3.97. The number of halogens is 1. The van der Waals surface area contributed by atoms with Crippen LogP contribution < -0.4 is 0 Å². The Hall–Kier alpha value is 0.730. The summed E-state index contributed by atoms with van der Waals surface area (Å²) in [6.07, 6.45) is 7.04. The molecule has 1 heteroatoms. The number of hydrogen-bond acceptors (Lipinski definition) is 0. The molecule has 0 heterocycles. The smallest absolute Gasteiger partial charge is 0.000209 e. The molecule has 0 aliphatic rings. The maximum atomic E-state index is 2.48. The van der Waals surface area contributed by atoms with Gasteiger partial charge in [-0.15, -0.1) is 0 Å². The highest BCUT2D eigenvalue weighted by Crippen LogP contribution is 2.17. The number of rotatable bonds is 6. The molecule has 10 heavy (non-hydrogen) atoms. The van der Waals surface area contributed by atoms with E-state index in [0.717, 1.165) is 5.92 Å². The molecule has 0 N–H and O–H groups in total. The first-order valence-electron chi connectivity index (χ1n) is 4.41. The zero-order chi connectivity index (χ0) is 7.82. The van der Waals surface area contributed by atoms with E-state index in [1.54, 1.807) is 0 Å². The summed E-state index contributed by atoms with van der Waals surface area (Å²) in [6.45, 7) is 4.59. The van der Waals surface area contributed by atoms with Crippen LogP contribution in [0.5, 0.6) is 0 Å². The Labute approximate surface area is 78.9 Å². The van der Waals surface area contributed by atoms with Crippen LogP contribution in [0.4, 0.5) is 0 Å². The van der Waals surface area contributed by atoms with Crippen molar-refractivity contribution in [3.63, 3.8) is 0 Å². The average Bonchev–Trinajstić information content (AvgIpc) is 1.98. The summed E-state index contributed by atoms with van der Waals surface area (Å²) in [5.74, 6) is 1.01. The topological polar surface area (TPSA) is 0 Å². The van der Waals surface area contributed by atoms with Gasteiger partial charge in [0.05, 0.1) is 0 Å². The molecule has 0 aliphatic heterocycles. The van der Waals surface area contributed by atoms with Crippen molar-refractivity contribution in [2.24, 2.45) is 5.92 Å². The van der Waals surface area contributed by atoms with E-state index in [0.29, 0.717) is 0 Å². The maximum absolute atomic E-state index is 2.48. The Balaban J connectivity index is 3.21. The molecule has 0 aromatic rings. The molecular formula is C9H19I. The lowest BCUT2D eigenvalue weighted by molar-refractivity contribution is 0.444. The van der Waals surface area contributed by atoms with Gasteiger partial charge in [0.1, 0.15) is 0 Å². The van der Waals surface area contributed by atoms with Crippen LogP contribution in [0, 0.1) is 5.92 Å². The van der Waals surface area contributed by atoms with Gasteiger partial charge in [-0.1, -0.05) is 62.1 Å². The van der Waals surface area contributed by atoms with Crippen molar-refractivity contribution in [3.05, 3.63) is 0 Å². The van der Waals surface area contributed by atoms with Crippen LogP contribution in [0.3, 0.4) is 0 Å². The zero-order valence-electron chi connectivity index (χ0n) is 7.20. The van der Waals surface area contributed by atoms with Crippen molar-refractivity contribution >= 4 is 22.6 Å². The summed E-state index contributed by atoms with van der Waals surface area (Å²) in [7, 11) is 0. The Morgan fingerprint density at radius 2 is 1.90 bits per heavy atom. The Kier molecular flexibility index (Phi) is 8.40. The van der Waals surface area contributed by atoms with Crippen molar-refractivity contribution < 1.29 is 0 Å². The van der Waals surface area contributed by atoms with Crippen LogP contribution >= 0.6 is 22.6 Å². The Morgan fingerprint density at radius 3 is 2.30 bits per heavy atom. The van der Waals surface area contributed by atoms with Gasteiger partial charge in [-0.05, 0) is 16.8 Å². The first kappa shape index (κ1) is 10.7. The molecule has 1 unspecified atom stereocenters. The summed E-state index contributed by atoms with van der Waals surface area (Å²) in [5, 5.41) is 0. The second-order valence-electron chi connectivity index (χ2n) is 2.89. The number of hydrogen-bond donors (Lipinski definition) is 0. The first-order valence-corrected chi connectivity index (χ1v) is 5.93. The predicted octanol–water partition coefficient (Wildman–Crippen LogP) is 4.03. The van der Waals surface area contributed by atoms with Gasteiger partial charge < -0.3 is 0 Å². The van der Waals surface area contributed by atoms with E-state index in [1.807, 2.05) is 0 Å². The molecule has 0 amide bonds. The minimum atomic E-state index is 1.01. The van der Waals surface area contributed by atoms with E-state index in [4.69, 9.17) is 0 Å². The van der Waals surface area contributed by atoms with E-state index in [9.17, 15) is 0 Å². The van der Waals surface area contributed by atoms with Crippen LogP contribution in [0.2, 0.25) is 0 Å². The minimum absolute atomic E-state index is 1.01. The van der Waals surface area contributed by atoms with E-state index >= 15 is 0 Å². The summed E-state index contributed by atoms with van der Waals surface area (Å²) in [4.78, 5) is 0. The van der Waals surface area contributed by atoms with Crippen molar-refractivity contribution in [3.8, 4) is 0 Å². The molecular weight excluding hydrogens is 235 g/mol. The normalized spacial score (nSPS) is 13.5. The fraction of sp³-hybridized carbons (Fsp3) is 1.00. The van der Waals surface area contributed by atoms with Gasteiger partial charge in [0.25, 0.3) is 0 Å². The molecule has 0 aliphatic carbocycles. The molecule has 0 saturated heterocycles. The van der Waals surface area contributed by atoms with E-state index < -0.39 is 0 Å². The molecule has 0 radical (unpaired) electrons. The molecule has 1 atom stereocenters. The Bertz CT molecular complexity index is 61.7. The SMILES string of the molecule is CCCCC(CC)CCI. The minimum Gasteiger partial charge on any atom is -0.0864 e. The van der Waals surface area contributed by atoms with Gasteiger partial charge >= 0.3 is 0 Å². The van der Waals surface area contributed by atoms with Crippen molar-refractivity contribution in [2.75, 3.05) is 4.43 Å². The van der Waals surface area contributed by atoms with Gasteiger partial charge in [-0.25, -0.2) is 0 Å². The summed E-state index contributed by atoms with van der Waals surface area (Å²) in [5.41, 5.74) is 0. The predicted molar refractivity (Wildman–Crippen MR) is 56.8 cm³/mol. The van der Waals surface area contributed by atoms with Crippen LogP contribution in [0.1, 0.15) is 46.0 Å². The van der Waals surface area contributed by atoms with Gasteiger partial charge in [-0.3, -0.25) is 0 Å². The van der Waals surface area contributed by atoms with Crippen LogP contribution in [-0.2, 0) is 0 Å². The second kappa shape index (κ2) is 7.83. The van der Waals surface area contributed by atoms with Gasteiger partial charge in [0.15, 0.2) is 0 Å². The third-order valence-electron chi connectivity index (χ3n) is 2.06. The Morgan fingerprint density at radius 1 is 1.20 bits per heavy atom. The third-order valence-corrected chi connectivity index (χ3v) is 2.68. The zero-order valence-corrected chi connectivity index (χ0v) is 9.36. The van der Waals surface area contributed by atoms with Gasteiger partial charge in [0, 0.05) is 0 Å². The molecule has 0 aromatic carbocycles. The monoisotopic (exact) mass is 254 g/mol. The van der Waals surface area contributed by atoms with E-state index in [2.05, 4.69) is 36.4 Å². The lowest BCUT2D eigenvalue weighted by atomic mass is 9.97. The van der Waals surface area contributed by atoms with Crippen molar-refractivity contribution in [2.45, 2.75) is 46.0 Å². The molecule has 0 aromatic heterocycles. The lowest BCUT2D eigenvalue weighted by Gasteiger charge is -2.11. The van der Waals surface area contributed by atoms with Gasteiger partial charge in [-0.2, -0.15) is 0 Å². The quantitative estimate of drug-likeness (QED) is 0.496. The largest absolute Gasteiger partial charge is 0.0864 e. The average molecular weight is 254 g/mol. The number of unbranched alkanes of at least 4 members (excludes halogenated alkanes) is 1. The third kappa shape index (κ3) is 5.51. The summed E-state index contributed by atoms with van der Waals surface area (Å²) in [6, 6.07) is 0. The molecule has 0 nitrogen and oxygen atoms in total. The molecule has 62 valence electrons. The molecule has 0 saturated carbocycles. The highest BCUT2D eigenvalue weighted by Gasteiger charge is 2.02. The fourth-order valence-corrected chi connectivity index (χ4v) is 2.08.